The van der Waals surface area contributed by atoms with Crippen LogP contribution in [0.15, 0.2) is 44.9 Å². The minimum atomic E-state index is -0.428. The quantitative estimate of drug-likeness (QED) is 0.787. The van der Waals surface area contributed by atoms with Gasteiger partial charge >= 0.3 is 5.76 Å². The molecule has 6 heteroatoms. The number of fused-ring (bicyclic) bond motifs is 1. The first-order valence-electron chi connectivity index (χ1n) is 7.03. The Labute approximate surface area is 131 Å². The van der Waals surface area contributed by atoms with Gasteiger partial charge < -0.3 is 9.73 Å². The van der Waals surface area contributed by atoms with Gasteiger partial charge in [-0.05, 0) is 36.1 Å². The van der Waals surface area contributed by atoms with Crippen molar-refractivity contribution in [3.05, 3.63) is 56.7 Å². The second-order valence-electron chi connectivity index (χ2n) is 5.04. The second-order valence-corrected chi connectivity index (χ2v) is 6.04. The van der Waals surface area contributed by atoms with Crippen LogP contribution in [0.1, 0.15) is 16.9 Å². The Bertz CT molecular complexity index is 860. The van der Waals surface area contributed by atoms with Crippen molar-refractivity contribution < 1.29 is 9.21 Å². The fraction of sp³-hybridized carbons (Fsp3) is 0.250. The summed E-state index contributed by atoms with van der Waals surface area (Å²) in [6, 6.07) is 9.24. The lowest BCUT2D eigenvalue weighted by molar-refractivity contribution is -0.121. The van der Waals surface area contributed by atoms with E-state index in [1.807, 2.05) is 36.6 Å². The number of benzene rings is 1. The summed E-state index contributed by atoms with van der Waals surface area (Å²) in [7, 11) is 0. The third kappa shape index (κ3) is 2.96. The molecule has 2 heterocycles. The number of nitrogens with zero attached hydrogens (tertiary/aromatic N) is 1. The van der Waals surface area contributed by atoms with Crippen molar-refractivity contribution in [3.8, 4) is 0 Å². The van der Waals surface area contributed by atoms with Crippen LogP contribution in [0.2, 0.25) is 0 Å². The fourth-order valence-corrected chi connectivity index (χ4v) is 3.14. The van der Waals surface area contributed by atoms with Gasteiger partial charge in [0.1, 0.15) is 0 Å². The Balaban J connectivity index is 1.62. The highest BCUT2D eigenvalue weighted by Gasteiger charge is 2.10. The molecule has 0 aliphatic carbocycles. The largest absolute Gasteiger partial charge is 0.419 e. The Kier molecular flexibility index (Phi) is 4.11. The van der Waals surface area contributed by atoms with Gasteiger partial charge in [0.05, 0.1) is 12.1 Å². The van der Waals surface area contributed by atoms with Crippen LogP contribution < -0.4 is 11.1 Å². The van der Waals surface area contributed by atoms with Crippen LogP contribution >= 0.6 is 11.3 Å². The number of amides is 1. The molecule has 5 nitrogen and oxygen atoms in total. The van der Waals surface area contributed by atoms with Crippen molar-refractivity contribution in [3.63, 3.8) is 0 Å². The number of aryl methyl sites for hydroxylation is 2. The van der Waals surface area contributed by atoms with E-state index >= 15 is 0 Å². The molecule has 2 aromatic heterocycles. The molecular formula is C16H16N2O3S. The Morgan fingerprint density at radius 1 is 1.32 bits per heavy atom. The topological polar surface area (TPSA) is 64.2 Å². The highest BCUT2D eigenvalue weighted by Crippen LogP contribution is 2.15. The molecule has 0 spiro atoms. The van der Waals surface area contributed by atoms with Gasteiger partial charge in [0.2, 0.25) is 5.91 Å². The predicted molar refractivity (Wildman–Crippen MR) is 86.0 cm³/mol. The molecule has 0 fully saturated rings. The van der Waals surface area contributed by atoms with E-state index in [-0.39, 0.29) is 12.3 Å². The number of oxazole rings is 1. The van der Waals surface area contributed by atoms with E-state index in [0.717, 1.165) is 10.4 Å². The number of hydrogen-bond donors (Lipinski definition) is 1. The van der Waals surface area contributed by atoms with Crippen LogP contribution in [0.25, 0.3) is 11.1 Å². The van der Waals surface area contributed by atoms with Crippen LogP contribution in [0.5, 0.6) is 0 Å². The molecule has 0 saturated heterocycles. The van der Waals surface area contributed by atoms with E-state index in [4.69, 9.17) is 4.42 Å². The normalized spacial score (nSPS) is 11.0. The van der Waals surface area contributed by atoms with Crippen molar-refractivity contribution in [1.29, 1.82) is 0 Å². The number of nitrogens with one attached hydrogen (secondary N) is 1. The van der Waals surface area contributed by atoms with Gasteiger partial charge in [-0.3, -0.25) is 9.36 Å². The van der Waals surface area contributed by atoms with Gasteiger partial charge in [0, 0.05) is 17.8 Å². The molecule has 0 aliphatic heterocycles. The summed E-state index contributed by atoms with van der Waals surface area (Å²) in [6.07, 6.45) is 0.244. The van der Waals surface area contributed by atoms with Crippen LogP contribution in [-0.2, 0) is 17.9 Å². The van der Waals surface area contributed by atoms with E-state index < -0.39 is 5.76 Å². The zero-order valence-electron chi connectivity index (χ0n) is 12.2. The minimum absolute atomic E-state index is 0.0787. The molecule has 0 saturated carbocycles. The smallest absolute Gasteiger partial charge is 0.408 e. The summed E-state index contributed by atoms with van der Waals surface area (Å²) in [5.41, 5.74) is 2.44. The van der Waals surface area contributed by atoms with E-state index in [2.05, 4.69) is 5.32 Å². The van der Waals surface area contributed by atoms with Gasteiger partial charge in [-0.2, -0.15) is 0 Å². The van der Waals surface area contributed by atoms with Crippen LogP contribution in [0.3, 0.4) is 0 Å². The number of para-hydroxylation sites is 2. The number of hydrogen-bond acceptors (Lipinski definition) is 4. The molecule has 1 aromatic carbocycles. The van der Waals surface area contributed by atoms with E-state index in [1.54, 1.807) is 17.4 Å². The molecule has 0 radical (unpaired) electrons. The highest BCUT2D eigenvalue weighted by molar-refractivity contribution is 7.10. The number of rotatable bonds is 5. The summed E-state index contributed by atoms with van der Waals surface area (Å²) < 4.78 is 6.63. The predicted octanol–water partition coefficient (Wildman–Crippen LogP) is 2.67. The number of carbonyl (C=O) groups is 1. The van der Waals surface area contributed by atoms with Gasteiger partial charge in [-0.25, -0.2) is 4.79 Å². The molecule has 0 bridgehead atoms. The standard InChI is InChI=1S/C16H16N2O3S/c1-11-7-9-22-14(11)10-17-15(19)6-8-18-12-4-2-3-5-13(12)21-16(18)20/h2-5,7,9H,6,8,10H2,1H3,(H,17,19). The molecule has 114 valence electrons. The molecular weight excluding hydrogens is 300 g/mol. The fourth-order valence-electron chi connectivity index (χ4n) is 2.29. The Morgan fingerprint density at radius 3 is 2.91 bits per heavy atom. The lowest BCUT2D eigenvalue weighted by atomic mass is 10.3. The SMILES string of the molecule is Cc1ccsc1CNC(=O)CCn1c(=O)oc2ccccc21. The lowest BCUT2D eigenvalue weighted by Crippen LogP contribution is -2.25. The lowest BCUT2D eigenvalue weighted by Gasteiger charge is -2.05. The zero-order valence-corrected chi connectivity index (χ0v) is 13.0. The maximum absolute atomic E-state index is 11.9. The average Bonchev–Trinajstić information content (AvgIpc) is 3.05. The number of aromatic nitrogens is 1. The van der Waals surface area contributed by atoms with Gasteiger partial charge in [0.25, 0.3) is 0 Å². The molecule has 1 N–H and O–H groups in total. The van der Waals surface area contributed by atoms with Crippen molar-refractivity contribution in [2.75, 3.05) is 0 Å². The van der Waals surface area contributed by atoms with Crippen molar-refractivity contribution >= 4 is 28.3 Å². The maximum atomic E-state index is 11.9. The van der Waals surface area contributed by atoms with Crippen LogP contribution in [-0.4, -0.2) is 10.5 Å². The molecule has 1 amide bonds. The van der Waals surface area contributed by atoms with Gasteiger partial charge in [-0.15, -0.1) is 11.3 Å². The van der Waals surface area contributed by atoms with Crippen LogP contribution in [0.4, 0.5) is 0 Å². The molecule has 22 heavy (non-hydrogen) atoms. The summed E-state index contributed by atoms with van der Waals surface area (Å²) >= 11 is 1.63. The summed E-state index contributed by atoms with van der Waals surface area (Å²) in [5.74, 6) is -0.506. The third-order valence-corrected chi connectivity index (χ3v) is 4.57. The number of carbonyl (C=O) groups excluding carboxylic acids is 1. The maximum Gasteiger partial charge on any atom is 0.419 e. The summed E-state index contributed by atoms with van der Waals surface area (Å²) in [4.78, 5) is 24.9. The zero-order chi connectivity index (χ0) is 15.5. The van der Waals surface area contributed by atoms with E-state index in [0.29, 0.717) is 18.7 Å². The van der Waals surface area contributed by atoms with Crippen LogP contribution in [0, 0.1) is 6.92 Å². The van der Waals surface area contributed by atoms with Gasteiger partial charge in [0.15, 0.2) is 5.58 Å². The van der Waals surface area contributed by atoms with Crippen molar-refractivity contribution in [1.82, 2.24) is 9.88 Å². The third-order valence-electron chi connectivity index (χ3n) is 3.55. The first-order chi connectivity index (χ1) is 10.6. The Hall–Kier alpha value is -2.34. The summed E-state index contributed by atoms with van der Waals surface area (Å²) in [6.45, 7) is 2.86. The monoisotopic (exact) mass is 316 g/mol. The Morgan fingerprint density at radius 2 is 2.14 bits per heavy atom. The second kappa shape index (κ2) is 6.19. The molecule has 3 rings (SSSR count). The highest BCUT2D eigenvalue weighted by atomic mass is 32.1. The average molecular weight is 316 g/mol. The number of thiophene rings is 1. The minimum Gasteiger partial charge on any atom is -0.408 e. The summed E-state index contributed by atoms with van der Waals surface area (Å²) in [5, 5.41) is 4.89. The molecule has 3 aromatic rings. The first kappa shape index (κ1) is 14.6. The van der Waals surface area contributed by atoms with Gasteiger partial charge in [-0.1, -0.05) is 12.1 Å². The molecule has 0 atom stereocenters. The molecule has 0 unspecified atom stereocenters. The van der Waals surface area contributed by atoms with Crippen molar-refractivity contribution in [2.45, 2.75) is 26.4 Å². The van der Waals surface area contributed by atoms with E-state index in [1.165, 1.54) is 10.1 Å². The molecule has 0 aliphatic rings. The van der Waals surface area contributed by atoms with Crippen molar-refractivity contribution in [2.24, 2.45) is 0 Å². The first-order valence-corrected chi connectivity index (χ1v) is 7.91. The van der Waals surface area contributed by atoms with E-state index in [9.17, 15) is 9.59 Å².